The van der Waals surface area contributed by atoms with Crippen molar-refractivity contribution < 1.29 is 29.0 Å². The molecule has 3 amide bonds. The maximum Gasteiger partial charge on any atom is 0.408 e. The average molecular weight is 602 g/mol. The summed E-state index contributed by atoms with van der Waals surface area (Å²) >= 11 is 0. The van der Waals surface area contributed by atoms with Gasteiger partial charge < -0.3 is 35.5 Å². The standard InChI is InChI=1S/C27H39N9O7/c1-26(2,3)43-25(41)32-27(4,5)23(39)29-19(16-42-15-17-10-7-6-8-11-17)21-33-34-35-36(21)13-9-12-28-20(37)14-18-22(38)31-24(40)30-18/h6-8,10-11,19,38H,9,12-16H2,1-5H3,(H,28,37)(H,29,39)(H,32,41)(H2,30,31,40)/t19-/m1/s1. The lowest BCUT2D eigenvalue weighted by Crippen LogP contribution is -2.56. The van der Waals surface area contributed by atoms with Gasteiger partial charge in [0.15, 0.2) is 5.82 Å². The molecule has 0 unspecified atom stereocenters. The molecule has 0 aliphatic carbocycles. The fourth-order valence-corrected chi connectivity index (χ4v) is 3.84. The fraction of sp³-hybridized carbons (Fsp3) is 0.519. The van der Waals surface area contributed by atoms with Crippen molar-refractivity contribution >= 4 is 17.9 Å². The van der Waals surface area contributed by atoms with Gasteiger partial charge in [-0.1, -0.05) is 30.3 Å². The lowest BCUT2D eigenvalue weighted by atomic mass is 10.0. The summed E-state index contributed by atoms with van der Waals surface area (Å²) in [4.78, 5) is 53.6. The molecule has 0 saturated heterocycles. The lowest BCUT2D eigenvalue weighted by molar-refractivity contribution is -0.128. The first kappa shape index (κ1) is 32.8. The first-order chi connectivity index (χ1) is 20.2. The van der Waals surface area contributed by atoms with Crippen LogP contribution in [0.15, 0.2) is 35.1 Å². The highest BCUT2D eigenvalue weighted by atomic mass is 16.6. The van der Waals surface area contributed by atoms with Crippen LogP contribution in [0.2, 0.25) is 0 Å². The van der Waals surface area contributed by atoms with Crippen molar-refractivity contribution in [3.05, 3.63) is 57.9 Å². The summed E-state index contributed by atoms with van der Waals surface area (Å²) in [5, 5.41) is 29.7. The minimum atomic E-state index is -1.35. The van der Waals surface area contributed by atoms with Crippen molar-refractivity contribution in [2.75, 3.05) is 13.2 Å². The fourth-order valence-electron chi connectivity index (χ4n) is 3.84. The lowest BCUT2D eigenvalue weighted by Gasteiger charge is -2.29. The molecule has 3 rings (SSSR count). The largest absolute Gasteiger partial charge is 0.493 e. The molecule has 43 heavy (non-hydrogen) atoms. The van der Waals surface area contributed by atoms with Crippen molar-refractivity contribution in [3.8, 4) is 5.88 Å². The Morgan fingerprint density at radius 1 is 1.09 bits per heavy atom. The topological polar surface area (TPSA) is 218 Å². The molecule has 0 aliphatic heterocycles. The Bertz CT molecular complexity index is 1420. The Kier molecular flexibility index (Phi) is 11.0. The van der Waals surface area contributed by atoms with Gasteiger partial charge in [-0.2, -0.15) is 0 Å². The molecule has 0 spiro atoms. The SMILES string of the molecule is CC(C)(C)OC(=O)NC(C)(C)C(=O)N[C@H](COCc1ccccc1)c1nnnn1CCCNC(=O)Cc1[nH]c(=O)[nH]c1O. The number of hydrogen-bond acceptors (Lipinski definition) is 10. The van der Waals surface area contributed by atoms with Crippen molar-refractivity contribution in [2.45, 2.75) is 77.8 Å². The Hall–Kier alpha value is -4.73. The molecule has 0 fully saturated rings. The van der Waals surface area contributed by atoms with E-state index in [4.69, 9.17) is 9.47 Å². The number of H-pyrrole nitrogens is 2. The summed E-state index contributed by atoms with van der Waals surface area (Å²) < 4.78 is 12.7. The van der Waals surface area contributed by atoms with E-state index in [0.717, 1.165) is 5.56 Å². The van der Waals surface area contributed by atoms with Crippen LogP contribution < -0.4 is 21.6 Å². The van der Waals surface area contributed by atoms with Gasteiger partial charge in [0, 0.05) is 13.1 Å². The summed E-state index contributed by atoms with van der Waals surface area (Å²) in [6.45, 7) is 9.10. The number of aromatic amines is 2. The van der Waals surface area contributed by atoms with Crippen LogP contribution in [-0.2, 0) is 38.6 Å². The van der Waals surface area contributed by atoms with E-state index in [0.29, 0.717) is 18.8 Å². The van der Waals surface area contributed by atoms with Crippen molar-refractivity contribution in [1.29, 1.82) is 0 Å². The predicted molar refractivity (Wildman–Crippen MR) is 153 cm³/mol. The molecular formula is C27H39N9O7. The number of amides is 3. The normalized spacial score (nSPS) is 12.4. The molecule has 1 aromatic carbocycles. The maximum atomic E-state index is 13.3. The van der Waals surface area contributed by atoms with Crippen LogP contribution in [0.4, 0.5) is 4.79 Å². The molecule has 0 bridgehead atoms. The molecule has 2 heterocycles. The average Bonchev–Trinajstić information content (AvgIpc) is 3.50. The number of imidazole rings is 1. The summed E-state index contributed by atoms with van der Waals surface area (Å²) in [5.74, 6) is -0.984. The summed E-state index contributed by atoms with van der Waals surface area (Å²) in [6.07, 6.45) is -0.522. The molecule has 3 aromatic rings. The molecule has 16 heteroatoms. The third-order valence-electron chi connectivity index (χ3n) is 5.94. The van der Waals surface area contributed by atoms with Crippen LogP contribution in [0.5, 0.6) is 5.88 Å². The number of alkyl carbamates (subject to hydrolysis) is 1. The number of nitrogens with zero attached hydrogens (tertiary/aromatic N) is 4. The number of rotatable bonds is 14. The monoisotopic (exact) mass is 601 g/mol. The smallest absolute Gasteiger partial charge is 0.408 e. The molecule has 0 radical (unpaired) electrons. The Morgan fingerprint density at radius 2 is 1.81 bits per heavy atom. The number of aromatic hydroxyl groups is 1. The molecule has 16 nitrogen and oxygen atoms in total. The van der Waals surface area contributed by atoms with E-state index in [9.17, 15) is 24.3 Å². The number of aryl methyl sites for hydroxylation is 1. The maximum absolute atomic E-state index is 13.3. The van der Waals surface area contributed by atoms with E-state index in [-0.39, 0.29) is 37.8 Å². The van der Waals surface area contributed by atoms with Gasteiger partial charge >= 0.3 is 11.8 Å². The van der Waals surface area contributed by atoms with Gasteiger partial charge in [-0.25, -0.2) is 14.3 Å². The molecule has 1 atom stereocenters. The Labute approximate surface area is 247 Å². The van der Waals surface area contributed by atoms with Gasteiger partial charge in [-0.05, 0) is 57.0 Å². The van der Waals surface area contributed by atoms with E-state index >= 15 is 0 Å². The Balaban J connectivity index is 1.64. The summed E-state index contributed by atoms with van der Waals surface area (Å²) in [6, 6.07) is 8.72. The van der Waals surface area contributed by atoms with Crippen LogP contribution in [-0.4, -0.2) is 77.5 Å². The van der Waals surface area contributed by atoms with Crippen LogP contribution in [0.1, 0.15) is 64.2 Å². The number of hydrogen-bond donors (Lipinski definition) is 6. The van der Waals surface area contributed by atoms with Crippen LogP contribution in [0.25, 0.3) is 0 Å². The number of carbonyl (C=O) groups is 3. The van der Waals surface area contributed by atoms with E-state index < -0.39 is 40.8 Å². The van der Waals surface area contributed by atoms with Gasteiger partial charge in [-0.3, -0.25) is 14.6 Å². The molecule has 6 N–H and O–H groups in total. The zero-order valence-electron chi connectivity index (χ0n) is 24.9. The highest BCUT2D eigenvalue weighted by Gasteiger charge is 2.34. The minimum absolute atomic E-state index is 0.0264. The summed E-state index contributed by atoms with van der Waals surface area (Å²) in [7, 11) is 0. The first-order valence-corrected chi connectivity index (χ1v) is 13.7. The quantitative estimate of drug-likeness (QED) is 0.143. The van der Waals surface area contributed by atoms with E-state index in [2.05, 4.69) is 41.4 Å². The van der Waals surface area contributed by atoms with E-state index in [1.165, 1.54) is 4.68 Å². The second kappa shape index (κ2) is 14.4. The predicted octanol–water partition coefficient (Wildman–Crippen LogP) is 0.822. The van der Waals surface area contributed by atoms with Gasteiger partial charge in [0.1, 0.15) is 17.2 Å². The van der Waals surface area contributed by atoms with Gasteiger partial charge in [0.05, 0.1) is 25.3 Å². The zero-order valence-corrected chi connectivity index (χ0v) is 24.9. The van der Waals surface area contributed by atoms with Gasteiger partial charge in [-0.15, -0.1) is 5.10 Å². The molecule has 0 saturated carbocycles. The number of benzene rings is 1. The van der Waals surface area contributed by atoms with Gasteiger partial charge in [0.25, 0.3) is 0 Å². The molecule has 0 aliphatic rings. The van der Waals surface area contributed by atoms with Crippen LogP contribution in [0.3, 0.4) is 0 Å². The third-order valence-corrected chi connectivity index (χ3v) is 5.94. The number of carbonyl (C=O) groups excluding carboxylic acids is 3. The Morgan fingerprint density at radius 3 is 2.47 bits per heavy atom. The second-order valence-corrected chi connectivity index (χ2v) is 11.3. The number of aromatic nitrogens is 6. The molecule has 234 valence electrons. The van der Waals surface area contributed by atoms with Crippen LogP contribution >= 0.6 is 0 Å². The van der Waals surface area contributed by atoms with E-state index in [1.54, 1.807) is 34.6 Å². The third kappa shape index (κ3) is 10.6. The van der Waals surface area contributed by atoms with Crippen LogP contribution in [0, 0.1) is 0 Å². The number of nitrogens with one attached hydrogen (secondary N) is 5. The highest BCUT2D eigenvalue weighted by Crippen LogP contribution is 2.16. The van der Waals surface area contributed by atoms with Gasteiger partial charge in [0.2, 0.25) is 17.7 Å². The van der Waals surface area contributed by atoms with Crippen molar-refractivity contribution in [3.63, 3.8) is 0 Å². The molecule has 2 aromatic heterocycles. The van der Waals surface area contributed by atoms with Crippen molar-refractivity contribution in [1.82, 2.24) is 46.1 Å². The van der Waals surface area contributed by atoms with Crippen molar-refractivity contribution in [2.24, 2.45) is 0 Å². The highest BCUT2D eigenvalue weighted by molar-refractivity contribution is 5.89. The minimum Gasteiger partial charge on any atom is -0.493 e. The van der Waals surface area contributed by atoms with E-state index in [1.807, 2.05) is 30.3 Å². The molecular weight excluding hydrogens is 562 g/mol. The second-order valence-electron chi connectivity index (χ2n) is 11.3. The number of tetrazole rings is 1. The number of ether oxygens (including phenoxy) is 2. The first-order valence-electron chi connectivity index (χ1n) is 13.7. The zero-order chi connectivity index (χ0) is 31.6. The summed E-state index contributed by atoms with van der Waals surface area (Å²) in [5.41, 5.74) is -1.67.